The van der Waals surface area contributed by atoms with Gasteiger partial charge in [-0.1, -0.05) is 11.6 Å². The molecule has 0 aliphatic carbocycles. The lowest BCUT2D eigenvalue weighted by Gasteiger charge is -2.34. The summed E-state index contributed by atoms with van der Waals surface area (Å²) in [6.45, 7) is 4.14. The molecule has 2 rings (SSSR count). The van der Waals surface area contributed by atoms with Crippen molar-refractivity contribution in [1.29, 1.82) is 0 Å². The van der Waals surface area contributed by atoms with E-state index in [2.05, 4.69) is 22.2 Å². The summed E-state index contributed by atoms with van der Waals surface area (Å²) >= 11 is 6.27. The van der Waals surface area contributed by atoms with Crippen LogP contribution in [0.5, 0.6) is 0 Å². The fraction of sp³-hybridized carbons (Fsp3) is 0.500. The SMILES string of the molecule is CNc1cc(N2CCN(C)CC2)c(Cl)cc1N. The maximum atomic E-state index is 6.27. The summed E-state index contributed by atoms with van der Waals surface area (Å²) in [6, 6.07) is 3.85. The number of likely N-dealkylation sites (N-methyl/N-ethyl adjacent to an activating group) is 1. The Bertz CT molecular complexity index is 400. The highest BCUT2D eigenvalue weighted by Crippen LogP contribution is 2.33. The molecule has 0 spiro atoms. The van der Waals surface area contributed by atoms with Gasteiger partial charge in [0.25, 0.3) is 0 Å². The lowest BCUT2D eigenvalue weighted by molar-refractivity contribution is 0.313. The van der Waals surface area contributed by atoms with Crippen LogP contribution in [0, 0.1) is 0 Å². The zero-order chi connectivity index (χ0) is 12.4. The Morgan fingerprint density at radius 2 is 1.88 bits per heavy atom. The van der Waals surface area contributed by atoms with Gasteiger partial charge in [-0.2, -0.15) is 0 Å². The number of nitrogen functional groups attached to an aromatic ring is 1. The van der Waals surface area contributed by atoms with Crippen LogP contribution in [0.1, 0.15) is 0 Å². The minimum absolute atomic E-state index is 0.690. The van der Waals surface area contributed by atoms with Crippen LogP contribution in [0.3, 0.4) is 0 Å². The number of halogens is 1. The summed E-state index contributed by atoms with van der Waals surface area (Å²) in [5.41, 5.74) is 8.57. The normalized spacial score (nSPS) is 17.2. The highest BCUT2D eigenvalue weighted by Gasteiger charge is 2.17. The second kappa shape index (κ2) is 5.02. The van der Waals surface area contributed by atoms with Crippen LogP contribution in [0.2, 0.25) is 5.02 Å². The largest absolute Gasteiger partial charge is 0.397 e. The third-order valence-corrected chi connectivity index (χ3v) is 3.54. The van der Waals surface area contributed by atoms with Gasteiger partial charge < -0.3 is 20.9 Å². The summed E-state index contributed by atoms with van der Waals surface area (Å²) < 4.78 is 0. The number of piperazine rings is 1. The van der Waals surface area contributed by atoms with E-state index in [1.807, 2.05) is 19.2 Å². The Labute approximate surface area is 107 Å². The van der Waals surface area contributed by atoms with E-state index >= 15 is 0 Å². The molecule has 4 nitrogen and oxygen atoms in total. The van der Waals surface area contributed by atoms with Crippen molar-refractivity contribution >= 4 is 28.7 Å². The maximum Gasteiger partial charge on any atom is 0.0661 e. The lowest BCUT2D eigenvalue weighted by Crippen LogP contribution is -2.44. The van der Waals surface area contributed by atoms with E-state index in [4.69, 9.17) is 17.3 Å². The molecule has 94 valence electrons. The molecule has 17 heavy (non-hydrogen) atoms. The van der Waals surface area contributed by atoms with E-state index < -0.39 is 0 Å². The van der Waals surface area contributed by atoms with Crippen LogP contribution in [0.15, 0.2) is 12.1 Å². The summed E-state index contributed by atoms with van der Waals surface area (Å²) in [7, 11) is 4.01. The van der Waals surface area contributed by atoms with E-state index in [0.717, 1.165) is 42.6 Å². The van der Waals surface area contributed by atoms with E-state index in [-0.39, 0.29) is 0 Å². The molecular weight excluding hydrogens is 236 g/mol. The Kier molecular flexibility index (Phi) is 3.64. The van der Waals surface area contributed by atoms with Crippen molar-refractivity contribution in [2.45, 2.75) is 0 Å². The van der Waals surface area contributed by atoms with Crippen molar-refractivity contribution in [3.8, 4) is 0 Å². The predicted octanol–water partition coefficient (Wildman–Crippen LogP) is 1.72. The third-order valence-electron chi connectivity index (χ3n) is 3.23. The Morgan fingerprint density at radius 1 is 1.24 bits per heavy atom. The molecule has 0 radical (unpaired) electrons. The van der Waals surface area contributed by atoms with Gasteiger partial charge in [0.15, 0.2) is 0 Å². The van der Waals surface area contributed by atoms with E-state index in [0.29, 0.717) is 5.69 Å². The first kappa shape index (κ1) is 12.3. The fourth-order valence-electron chi connectivity index (χ4n) is 2.08. The summed E-state index contributed by atoms with van der Waals surface area (Å²) in [5, 5.41) is 3.82. The molecule has 1 aromatic carbocycles. The average Bonchev–Trinajstić information content (AvgIpc) is 2.31. The summed E-state index contributed by atoms with van der Waals surface area (Å²) in [5.74, 6) is 0. The Hall–Kier alpha value is -1.13. The second-order valence-electron chi connectivity index (χ2n) is 4.43. The molecule has 0 bridgehead atoms. The fourth-order valence-corrected chi connectivity index (χ4v) is 2.38. The smallest absolute Gasteiger partial charge is 0.0661 e. The quantitative estimate of drug-likeness (QED) is 0.789. The van der Waals surface area contributed by atoms with Crippen LogP contribution in [0.4, 0.5) is 17.1 Å². The first-order valence-electron chi connectivity index (χ1n) is 5.82. The van der Waals surface area contributed by atoms with Gasteiger partial charge in [-0.25, -0.2) is 0 Å². The number of nitrogens with one attached hydrogen (secondary N) is 1. The van der Waals surface area contributed by atoms with Crippen LogP contribution in [-0.2, 0) is 0 Å². The number of nitrogens with zero attached hydrogens (tertiary/aromatic N) is 2. The predicted molar refractivity (Wildman–Crippen MR) is 75.1 cm³/mol. The molecule has 1 heterocycles. The van der Waals surface area contributed by atoms with Gasteiger partial charge in [0, 0.05) is 33.2 Å². The molecule has 1 aliphatic rings. The molecule has 3 N–H and O–H groups in total. The number of anilines is 3. The van der Waals surface area contributed by atoms with Crippen molar-refractivity contribution in [2.75, 3.05) is 56.2 Å². The number of nitrogens with two attached hydrogens (primary N) is 1. The van der Waals surface area contributed by atoms with E-state index in [9.17, 15) is 0 Å². The van der Waals surface area contributed by atoms with E-state index in [1.165, 1.54) is 0 Å². The standard InChI is InChI=1S/C12H19ClN4/c1-15-11-8-12(9(13)7-10(11)14)17-5-3-16(2)4-6-17/h7-8,15H,3-6,14H2,1-2H3. The molecule has 0 aromatic heterocycles. The Morgan fingerprint density at radius 3 is 2.47 bits per heavy atom. The highest BCUT2D eigenvalue weighted by molar-refractivity contribution is 6.33. The Balaban J connectivity index is 2.25. The highest BCUT2D eigenvalue weighted by atomic mass is 35.5. The molecule has 0 unspecified atom stereocenters. The molecule has 1 aromatic rings. The molecule has 0 saturated carbocycles. The van der Waals surface area contributed by atoms with Crippen molar-refractivity contribution in [3.05, 3.63) is 17.2 Å². The van der Waals surface area contributed by atoms with Gasteiger partial charge in [0.05, 0.1) is 22.1 Å². The minimum atomic E-state index is 0.690. The summed E-state index contributed by atoms with van der Waals surface area (Å²) in [6.07, 6.45) is 0. The number of benzene rings is 1. The number of hydrogen-bond donors (Lipinski definition) is 2. The molecule has 1 aliphatic heterocycles. The van der Waals surface area contributed by atoms with Crippen LogP contribution < -0.4 is 16.0 Å². The lowest BCUT2D eigenvalue weighted by atomic mass is 10.2. The van der Waals surface area contributed by atoms with Gasteiger partial charge in [-0.3, -0.25) is 0 Å². The average molecular weight is 255 g/mol. The van der Waals surface area contributed by atoms with Gasteiger partial charge in [0.1, 0.15) is 0 Å². The second-order valence-corrected chi connectivity index (χ2v) is 4.84. The van der Waals surface area contributed by atoms with Gasteiger partial charge in [-0.15, -0.1) is 0 Å². The van der Waals surface area contributed by atoms with Crippen molar-refractivity contribution in [1.82, 2.24) is 4.90 Å². The molecule has 1 fully saturated rings. The van der Waals surface area contributed by atoms with Crippen LogP contribution >= 0.6 is 11.6 Å². The molecule has 1 saturated heterocycles. The van der Waals surface area contributed by atoms with Crippen molar-refractivity contribution in [3.63, 3.8) is 0 Å². The van der Waals surface area contributed by atoms with Crippen LogP contribution in [-0.4, -0.2) is 45.2 Å². The zero-order valence-electron chi connectivity index (χ0n) is 10.3. The molecular formula is C12H19ClN4. The van der Waals surface area contributed by atoms with Gasteiger partial charge in [-0.05, 0) is 19.2 Å². The molecule has 0 atom stereocenters. The number of hydrogen-bond acceptors (Lipinski definition) is 4. The maximum absolute atomic E-state index is 6.27. The first-order chi connectivity index (χ1) is 8.11. The van der Waals surface area contributed by atoms with Crippen molar-refractivity contribution < 1.29 is 0 Å². The monoisotopic (exact) mass is 254 g/mol. The minimum Gasteiger partial charge on any atom is -0.397 e. The molecule has 5 heteroatoms. The third kappa shape index (κ3) is 2.58. The van der Waals surface area contributed by atoms with Gasteiger partial charge in [0.2, 0.25) is 0 Å². The van der Waals surface area contributed by atoms with Crippen molar-refractivity contribution in [2.24, 2.45) is 0 Å². The van der Waals surface area contributed by atoms with E-state index in [1.54, 1.807) is 0 Å². The number of rotatable bonds is 2. The molecule has 0 amide bonds. The van der Waals surface area contributed by atoms with Gasteiger partial charge >= 0.3 is 0 Å². The first-order valence-corrected chi connectivity index (χ1v) is 6.20. The topological polar surface area (TPSA) is 44.5 Å². The van der Waals surface area contributed by atoms with Crippen LogP contribution in [0.25, 0.3) is 0 Å². The summed E-state index contributed by atoms with van der Waals surface area (Å²) in [4.78, 5) is 4.63. The zero-order valence-corrected chi connectivity index (χ0v) is 11.1.